The molecule has 0 saturated heterocycles. The molecule has 0 fully saturated rings. The van der Waals surface area contributed by atoms with Crippen LogP contribution in [0.15, 0.2) is 48.5 Å². The molecule has 1 heterocycles. The summed E-state index contributed by atoms with van der Waals surface area (Å²) in [4.78, 5) is 26.2. The lowest BCUT2D eigenvalue weighted by Gasteiger charge is -2.18. The maximum atomic E-state index is 13.0. The van der Waals surface area contributed by atoms with E-state index in [-0.39, 0.29) is 36.5 Å². The Bertz CT molecular complexity index is 774. The molecule has 0 aliphatic carbocycles. The van der Waals surface area contributed by atoms with Gasteiger partial charge in [0.15, 0.2) is 0 Å². The van der Waals surface area contributed by atoms with E-state index < -0.39 is 0 Å². The first-order valence-corrected chi connectivity index (χ1v) is 8.45. The number of carbonyl (C=O) groups is 2. The first-order chi connectivity index (χ1) is 12.0. The number of hydrogen-bond acceptors (Lipinski definition) is 2. The van der Waals surface area contributed by atoms with E-state index in [0.29, 0.717) is 6.54 Å². The van der Waals surface area contributed by atoms with Crippen molar-refractivity contribution < 1.29 is 14.0 Å². The molecular formula is C20H21FN2O2. The Balaban J connectivity index is 1.51. The monoisotopic (exact) mass is 340 g/mol. The van der Waals surface area contributed by atoms with Crippen molar-refractivity contribution in [1.29, 1.82) is 0 Å². The SMILES string of the molecule is CC(CC(=O)NCC(=O)N1CCc2ccccc21)c1ccc(F)cc1. The summed E-state index contributed by atoms with van der Waals surface area (Å²) in [6.45, 7) is 2.55. The average Bonchev–Trinajstić information content (AvgIpc) is 3.04. The lowest BCUT2D eigenvalue weighted by Crippen LogP contribution is -2.39. The van der Waals surface area contributed by atoms with Crippen LogP contribution in [0.4, 0.5) is 10.1 Å². The van der Waals surface area contributed by atoms with Crippen LogP contribution in [-0.4, -0.2) is 24.9 Å². The van der Waals surface area contributed by atoms with Gasteiger partial charge >= 0.3 is 0 Å². The number of hydrogen-bond donors (Lipinski definition) is 1. The van der Waals surface area contributed by atoms with Crippen LogP contribution in [0.2, 0.25) is 0 Å². The Morgan fingerprint density at radius 3 is 2.64 bits per heavy atom. The van der Waals surface area contributed by atoms with Crippen molar-refractivity contribution in [2.45, 2.75) is 25.7 Å². The van der Waals surface area contributed by atoms with Crippen molar-refractivity contribution in [3.8, 4) is 0 Å². The van der Waals surface area contributed by atoms with E-state index in [1.165, 1.54) is 12.1 Å². The maximum absolute atomic E-state index is 13.0. The maximum Gasteiger partial charge on any atom is 0.246 e. The van der Waals surface area contributed by atoms with Crippen LogP contribution in [0.3, 0.4) is 0 Å². The lowest BCUT2D eigenvalue weighted by molar-refractivity contribution is -0.125. The van der Waals surface area contributed by atoms with Gasteiger partial charge in [-0.15, -0.1) is 0 Å². The molecule has 1 aliphatic heterocycles. The van der Waals surface area contributed by atoms with Crippen molar-refractivity contribution in [3.05, 3.63) is 65.5 Å². The molecule has 2 amide bonds. The van der Waals surface area contributed by atoms with Crippen molar-refractivity contribution in [2.75, 3.05) is 18.0 Å². The van der Waals surface area contributed by atoms with Crippen LogP contribution in [-0.2, 0) is 16.0 Å². The summed E-state index contributed by atoms with van der Waals surface area (Å²) in [7, 11) is 0. The van der Waals surface area contributed by atoms with Crippen LogP contribution in [0.1, 0.15) is 30.4 Å². The first kappa shape index (κ1) is 17.1. The van der Waals surface area contributed by atoms with Gasteiger partial charge in [0.2, 0.25) is 11.8 Å². The number of fused-ring (bicyclic) bond motifs is 1. The number of nitrogens with one attached hydrogen (secondary N) is 1. The Morgan fingerprint density at radius 2 is 1.88 bits per heavy atom. The highest BCUT2D eigenvalue weighted by atomic mass is 19.1. The average molecular weight is 340 g/mol. The highest BCUT2D eigenvalue weighted by molar-refractivity contribution is 5.98. The third kappa shape index (κ3) is 4.05. The standard InChI is InChI=1S/C20H21FN2O2/c1-14(15-6-8-17(21)9-7-15)12-19(24)22-13-20(25)23-11-10-16-4-2-3-5-18(16)23/h2-9,14H,10-13H2,1H3,(H,22,24). The Labute approximate surface area is 146 Å². The molecule has 1 aliphatic rings. The molecule has 0 bridgehead atoms. The molecule has 0 saturated carbocycles. The van der Waals surface area contributed by atoms with Gasteiger partial charge < -0.3 is 10.2 Å². The number of benzene rings is 2. The zero-order chi connectivity index (χ0) is 17.8. The number of nitrogens with zero attached hydrogens (tertiary/aromatic N) is 1. The molecule has 25 heavy (non-hydrogen) atoms. The zero-order valence-corrected chi connectivity index (χ0v) is 14.2. The van der Waals surface area contributed by atoms with E-state index in [2.05, 4.69) is 5.32 Å². The minimum Gasteiger partial charge on any atom is -0.347 e. The van der Waals surface area contributed by atoms with Crippen molar-refractivity contribution >= 4 is 17.5 Å². The van der Waals surface area contributed by atoms with Gasteiger partial charge in [0.25, 0.3) is 0 Å². The molecule has 4 nitrogen and oxygen atoms in total. The van der Waals surface area contributed by atoms with Gasteiger partial charge in [-0.3, -0.25) is 9.59 Å². The highest BCUT2D eigenvalue weighted by Crippen LogP contribution is 2.27. The highest BCUT2D eigenvalue weighted by Gasteiger charge is 2.24. The summed E-state index contributed by atoms with van der Waals surface area (Å²) >= 11 is 0. The third-order valence-corrected chi connectivity index (χ3v) is 4.56. The molecule has 0 radical (unpaired) electrons. The van der Waals surface area contributed by atoms with Gasteiger partial charge in [-0.05, 0) is 41.7 Å². The van der Waals surface area contributed by atoms with Gasteiger partial charge in [-0.1, -0.05) is 37.3 Å². The van der Waals surface area contributed by atoms with Gasteiger partial charge in [-0.25, -0.2) is 4.39 Å². The molecule has 130 valence electrons. The van der Waals surface area contributed by atoms with E-state index in [0.717, 1.165) is 23.2 Å². The fraction of sp³-hybridized carbons (Fsp3) is 0.300. The molecule has 1 atom stereocenters. The first-order valence-electron chi connectivity index (χ1n) is 8.45. The Kier molecular flexibility index (Phi) is 5.12. The van der Waals surface area contributed by atoms with Gasteiger partial charge in [0.05, 0.1) is 6.54 Å². The van der Waals surface area contributed by atoms with E-state index >= 15 is 0 Å². The zero-order valence-electron chi connectivity index (χ0n) is 14.2. The normalized spacial score (nSPS) is 14.1. The summed E-state index contributed by atoms with van der Waals surface area (Å²) < 4.78 is 13.0. The van der Waals surface area contributed by atoms with Crippen molar-refractivity contribution in [1.82, 2.24) is 5.32 Å². The fourth-order valence-corrected chi connectivity index (χ4v) is 3.13. The fourth-order valence-electron chi connectivity index (χ4n) is 3.13. The van der Waals surface area contributed by atoms with Crippen molar-refractivity contribution in [3.63, 3.8) is 0 Å². The van der Waals surface area contributed by atoms with Gasteiger partial charge in [-0.2, -0.15) is 0 Å². The van der Waals surface area contributed by atoms with Gasteiger partial charge in [0.1, 0.15) is 5.82 Å². The number of amides is 2. The lowest BCUT2D eigenvalue weighted by atomic mass is 9.97. The molecule has 2 aromatic carbocycles. The Morgan fingerprint density at radius 1 is 1.16 bits per heavy atom. The van der Waals surface area contributed by atoms with E-state index in [9.17, 15) is 14.0 Å². The second-order valence-electron chi connectivity index (χ2n) is 6.36. The van der Waals surface area contributed by atoms with E-state index in [1.807, 2.05) is 31.2 Å². The number of anilines is 1. The molecular weight excluding hydrogens is 319 g/mol. The largest absolute Gasteiger partial charge is 0.347 e. The predicted molar refractivity (Wildman–Crippen MR) is 94.9 cm³/mol. The molecule has 1 N–H and O–H groups in total. The molecule has 5 heteroatoms. The van der Waals surface area contributed by atoms with E-state index in [4.69, 9.17) is 0 Å². The van der Waals surface area contributed by atoms with Crippen LogP contribution >= 0.6 is 0 Å². The number of halogens is 1. The summed E-state index contributed by atoms with van der Waals surface area (Å²) in [6, 6.07) is 14.0. The topological polar surface area (TPSA) is 49.4 Å². The molecule has 3 rings (SSSR count). The minimum atomic E-state index is -0.295. The number of para-hydroxylation sites is 1. The van der Waals surface area contributed by atoms with Crippen LogP contribution < -0.4 is 10.2 Å². The molecule has 2 aromatic rings. The van der Waals surface area contributed by atoms with Crippen LogP contribution in [0, 0.1) is 5.82 Å². The molecule has 0 spiro atoms. The predicted octanol–water partition coefficient (Wildman–Crippen LogP) is 3.02. The Hall–Kier alpha value is -2.69. The number of rotatable bonds is 5. The molecule has 0 aromatic heterocycles. The summed E-state index contributed by atoms with van der Waals surface area (Å²) in [5.74, 6) is -0.620. The van der Waals surface area contributed by atoms with Crippen LogP contribution in [0.25, 0.3) is 0 Å². The second kappa shape index (κ2) is 7.47. The second-order valence-corrected chi connectivity index (χ2v) is 6.36. The molecule has 1 unspecified atom stereocenters. The van der Waals surface area contributed by atoms with Crippen LogP contribution in [0.5, 0.6) is 0 Å². The third-order valence-electron chi connectivity index (χ3n) is 4.56. The number of carbonyl (C=O) groups excluding carboxylic acids is 2. The summed E-state index contributed by atoms with van der Waals surface area (Å²) in [5, 5.41) is 2.70. The minimum absolute atomic E-state index is 0.0106. The van der Waals surface area contributed by atoms with Crippen molar-refractivity contribution in [2.24, 2.45) is 0 Å². The smallest absolute Gasteiger partial charge is 0.246 e. The summed E-state index contributed by atoms with van der Waals surface area (Å²) in [6.07, 6.45) is 1.10. The van der Waals surface area contributed by atoms with E-state index in [1.54, 1.807) is 17.0 Å². The quantitative estimate of drug-likeness (QED) is 0.909. The van der Waals surface area contributed by atoms with Gasteiger partial charge in [0, 0.05) is 18.7 Å². The summed E-state index contributed by atoms with van der Waals surface area (Å²) in [5.41, 5.74) is 2.99.